The van der Waals surface area contributed by atoms with Crippen LogP contribution in [0.5, 0.6) is 0 Å². The molecule has 5 heteroatoms. The molecule has 0 bridgehead atoms. The van der Waals surface area contributed by atoms with Gasteiger partial charge < -0.3 is 13.4 Å². The zero-order valence-corrected chi connectivity index (χ0v) is 20.7. The lowest BCUT2D eigenvalue weighted by molar-refractivity contribution is 0.646. The summed E-state index contributed by atoms with van der Waals surface area (Å²) in [5, 5.41) is 8.11. The maximum Gasteiger partial charge on any atom is 0.270 e. The van der Waals surface area contributed by atoms with E-state index < -0.39 is 8.01 Å². The largest absolute Gasteiger partial charge is 0.414 e. The van der Waals surface area contributed by atoms with E-state index in [2.05, 4.69) is 79.5 Å². The Morgan fingerprint density at radius 1 is 0.611 bits per heavy atom. The van der Waals surface area contributed by atoms with E-state index in [0.717, 1.165) is 60.0 Å². The third-order valence-corrected chi connectivity index (χ3v) is 8.24. The van der Waals surface area contributed by atoms with Crippen LogP contribution in [0.15, 0.2) is 104 Å². The lowest BCUT2D eigenvalue weighted by atomic mass is 9.95. The zero-order chi connectivity index (χ0) is 24.4. The molecule has 0 aliphatic heterocycles. The SMILES string of the molecule is Cc1cc2ccccc2c2c1op(-c1cc3ccccc3c(=O)[nH]1)oc1c(C)cc3ccccc3c12. The molecule has 0 fully saturated rings. The average Bonchev–Trinajstić information content (AvgIpc) is 3.08. The summed E-state index contributed by atoms with van der Waals surface area (Å²) in [6.07, 6.45) is 0. The number of aryl methyl sites for hydroxylation is 2. The third kappa shape index (κ3) is 3.12. The van der Waals surface area contributed by atoms with Gasteiger partial charge in [-0.05, 0) is 76.2 Å². The number of nitrogens with one attached hydrogen (secondary N) is 1. The van der Waals surface area contributed by atoms with E-state index in [1.165, 1.54) is 0 Å². The van der Waals surface area contributed by atoms with E-state index in [1.807, 2.05) is 30.3 Å². The molecule has 7 aromatic rings. The highest BCUT2D eigenvalue weighted by Crippen LogP contribution is 2.46. The predicted octanol–water partition coefficient (Wildman–Crippen LogP) is 9.04. The Kier molecular flexibility index (Phi) is 4.60. The van der Waals surface area contributed by atoms with Crippen molar-refractivity contribution in [2.24, 2.45) is 0 Å². The number of aromatic amines is 1. The van der Waals surface area contributed by atoms with Crippen LogP contribution in [0.3, 0.4) is 0 Å². The van der Waals surface area contributed by atoms with E-state index in [-0.39, 0.29) is 5.56 Å². The van der Waals surface area contributed by atoms with Crippen LogP contribution in [-0.4, -0.2) is 4.98 Å². The van der Waals surface area contributed by atoms with Gasteiger partial charge in [-0.3, -0.25) is 4.79 Å². The fourth-order valence-electron chi connectivity index (χ4n) is 5.25. The second-order valence-electron chi connectivity index (χ2n) is 9.25. The molecule has 0 unspecified atom stereocenters. The highest BCUT2D eigenvalue weighted by Gasteiger charge is 2.18. The third-order valence-electron chi connectivity index (χ3n) is 6.91. The Hall–Kier alpha value is -4.27. The first kappa shape index (κ1) is 21.0. The summed E-state index contributed by atoms with van der Waals surface area (Å²) in [6, 6.07) is 30.7. The highest BCUT2D eigenvalue weighted by atomic mass is 31.1. The standard InChI is InChI=1S/C31H22NO3P/c1-18-15-20-9-3-6-12-23(20)27-28-24-13-7-4-10-21(24)16-19(2)30(28)35-36(34-29(18)27)26-17-22-11-5-8-14-25(22)31(33)32-26/h3-17H,1-2H3,(H,32,33). The summed E-state index contributed by atoms with van der Waals surface area (Å²) in [5.41, 5.74) is 4.15. The van der Waals surface area contributed by atoms with Crippen molar-refractivity contribution in [3.63, 3.8) is 0 Å². The van der Waals surface area contributed by atoms with Gasteiger partial charge in [0.25, 0.3) is 13.6 Å². The van der Waals surface area contributed by atoms with Crippen molar-refractivity contribution in [1.29, 1.82) is 0 Å². The number of pyridine rings is 1. The minimum atomic E-state index is -1.65. The minimum absolute atomic E-state index is 0.145. The lowest BCUT2D eigenvalue weighted by Gasteiger charge is -2.08. The summed E-state index contributed by atoms with van der Waals surface area (Å²) >= 11 is 0. The fraction of sp³-hybridized carbons (Fsp3) is 0.0645. The molecule has 174 valence electrons. The summed E-state index contributed by atoms with van der Waals surface area (Å²) in [7, 11) is -1.65. The molecule has 0 aliphatic rings. The first-order chi connectivity index (χ1) is 17.6. The Labute approximate surface area is 207 Å². The van der Waals surface area contributed by atoms with Gasteiger partial charge in [-0.1, -0.05) is 66.7 Å². The highest BCUT2D eigenvalue weighted by molar-refractivity contribution is 7.45. The summed E-state index contributed by atoms with van der Waals surface area (Å²) in [4.78, 5) is 16.0. The number of hydrogen-bond donors (Lipinski definition) is 1. The predicted molar refractivity (Wildman–Crippen MR) is 150 cm³/mol. The smallest absolute Gasteiger partial charge is 0.270 e. The van der Waals surface area contributed by atoms with Gasteiger partial charge in [-0.2, -0.15) is 0 Å². The molecule has 0 radical (unpaired) electrons. The van der Waals surface area contributed by atoms with Crippen LogP contribution in [0.2, 0.25) is 0 Å². The van der Waals surface area contributed by atoms with Gasteiger partial charge in [0.15, 0.2) is 0 Å². The van der Waals surface area contributed by atoms with Crippen molar-refractivity contribution in [3.05, 3.63) is 112 Å². The molecule has 5 aromatic carbocycles. The second kappa shape index (κ2) is 7.87. The molecule has 2 aromatic heterocycles. The minimum Gasteiger partial charge on any atom is -0.414 e. The van der Waals surface area contributed by atoms with Crippen molar-refractivity contribution in [3.8, 4) is 5.44 Å². The molecule has 2 heterocycles. The van der Waals surface area contributed by atoms with Gasteiger partial charge in [-0.15, -0.1) is 0 Å². The van der Waals surface area contributed by atoms with Crippen LogP contribution < -0.4 is 5.56 Å². The van der Waals surface area contributed by atoms with Crippen LogP contribution in [0.1, 0.15) is 11.1 Å². The first-order valence-corrected chi connectivity index (χ1v) is 13.1. The van der Waals surface area contributed by atoms with E-state index in [1.54, 1.807) is 0 Å². The lowest BCUT2D eigenvalue weighted by Crippen LogP contribution is -2.05. The number of aromatic nitrogens is 1. The van der Waals surface area contributed by atoms with Crippen LogP contribution >= 0.6 is 8.01 Å². The van der Waals surface area contributed by atoms with Crippen molar-refractivity contribution in [2.75, 3.05) is 0 Å². The van der Waals surface area contributed by atoms with Gasteiger partial charge in [0.2, 0.25) is 0 Å². The first-order valence-electron chi connectivity index (χ1n) is 11.9. The maximum absolute atomic E-state index is 12.9. The molecule has 0 atom stereocenters. The summed E-state index contributed by atoms with van der Waals surface area (Å²) in [5.74, 6) is 0. The molecular weight excluding hydrogens is 465 g/mol. The van der Waals surface area contributed by atoms with E-state index in [0.29, 0.717) is 10.8 Å². The zero-order valence-electron chi connectivity index (χ0n) is 19.8. The molecule has 0 saturated carbocycles. The Balaban J connectivity index is 1.77. The molecule has 0 amide bonds. The molecule has 7 rings (SSSR count). The van der Waals surface area contributed by atoms with Gasteiger partial charge in [0, 0.05) is 16.2 Å². The van der Waals surface area contributed by atoms with Gasteiger partial charge in [-0.25, -0.2) is 0 Å². The molecule has 1 N–H and O–H groups in total. The average molecular weight is 487 g/mol. The van der Waals surface area contributed by atoms with Gasteiger partial charge in [0.05, 0.1) is 0 Å². The number of hydrogen-bond acceptors (Lipinski definition) is 3. The van der Waals surface area contributed by atoms with Crippen LogP contribution in [0, 0.1) is 13.8 Å². The Morgan fingerprint density at radius 2 is 1.06 bits per heavy atom. The maximum atomic E-state index is 12.9. The van der Waals surface area contributed by atoms with Gasteiger partial charge in [0.1, 0.15) is 16.6 Å². The van der Waals surface area contributed by atoms with E-state index in [4.69, 9.17) is 8.39 Å². The monoisotopic (exact) mass is 487 g/mol. The molecule has 0 spiro atoms. The Morgan fingerprint density at radius 3 is 1.58 bits per heavy atom. The Bertz CT molecular complexity index is 2000. The topological polar surface area (TPSA) is 59.1 Å². The second-order valence-corrected chi connectivity index (χ2v) is 10.6. The van der Waals surface area contributed by atoms with Crippen molar-refractivity contribution in [1.82, 2.24) is 4.98 Å². The summed E-state index contributed by atoms with van der Waals surface area (Å²) in [6.45, 7) is 4.15. The van der Waals surface area contributed by atoms with Crippen molar-refractivity contribution in [2.45, 2.75) is 13.8 Å². The molecule has 4 nitrogen and oxygen atoms in total. The normalized spacial score (nSPS) is 11.7. The number of fused-ring (bicyclic) bond motifs is 8. The van der Waals surface area contributed by atoms with E-state index >= 15 is 0 Å². The van der Waals surface area contributed by atoms with Crippen molar-refractivity contribution < 1.29 is 8.39 Å². The van der Waals surface area contributed by atoms with Crippen LogP contribution in [0.25, 0.3) is 59.7 Å². The number of H-pyrrole nitrogens is 1. The number of benzene rings is 5. The number of rotatable bonds is 1. The molecule has 36 heavy (non-hydrogen) atoms. The molecule has 0 aliphatic carbocycles. The van der Waals surface area contributed by atoms with Crippen LogP contribution in [0.4, 0.5) is 0 Å². The fourth-order valence-corrected chi connectivity index (χ4v) is 6.72. The quantitative estimate of drug-likeness (QED) is 0.251. The van der Waals surface area contributed by atoms with E-state index in [9.17, 15) is 4.79 Å². The van der Waals surface area contributed by atoms with Gasteiger partial charge >= 0.3 is 0 Å². The molecule has 0 saturated heterocycles. The summed E-state index contributed by atoms with van der Waals surface area (Å²) < 4.78 is 13.5. The molecular formula is C31H22NO3P. The van der Waals surface area contributed by atoms with Crippen molar-refractivity contribution >= 4 is 62.3 Å². The van der Waals surface area contributed by atoms with Crippen LogP contribution in [-0.2, 0) is 0 Å².